The van der Waals surface area contributed by atoms with Crippen molar-refractivity contribution in [2.45, 2.75) is 32.2 Å². The number of carboxylic acid groups (broad SMARTS) is 2. The molecule has 0 aliphatic heterocycles. The van der Waals surface area contributed by atoms with E-state index in [9.17, 15) is 19.0 Å². The van der Waals surface area contributed by atoms with Gasteiger partial charge in [0, 0.05) is 12.2 Å². The normalized spacial score (nSPS) is 14.7. The molecule has 8 heteroatoms. The van der Waals surface area contributed by atoms with Gasteiger partial charge in [0.15, 0.2) is 0 Å². The molecule has 16 heavy (non-hydrogen) atoms. The molecule has 0 aliphatic carbocycles. The Morgan fingerprint density at radius 2 is 1.69 bits per heavy atom. The SMILES string of the molecule is CCCP(=O)(O)NC(CC(=O)O)CC(=O)O. The Labute approximate surface area is 93.0 Å². The number of carboxylic acids is 2. The molecule has 1 atom stereocenters. The second-order valence-corrected chi connectivity index (χ2v) is 5.56. The van der Waals surface area contributed by atoms with Gasteiger partial charge >= 0.3 is 11.9 Å². The van der Waals surface area contributed by atoms with Gasteiger partial charge in [-0.05, 0) is 6.42 Å². The first kappa shape index (κ1) is 15.1. The summed E-state index contributed by atoms with van der Waals surface area (Å²) >= 11 is 0. The number of carbonyl (C=O) groups is 2. The average Bonchev–Trinajstić information content (AvgIpc) is 1.98. The summed E-state index contributed by atoms with van der Waals surface area (Å²) in [6.45, 7) is 1.70. The summed E-state index contributed by atoms with van der Waals surface area (Å²) in [6.07, 6.45) is -0.558. The molecule has 1 unspecified atom stereocenters. The molecule has 0 bridgehead atoms. The van der Waals surface area contributed by atoms with Crippen molar-refractivity contribution in [2.75, 3.05) is 6.16 Å². The maximum Gasteiger partial charge on any atom is 0.304 e. The molecule has 0 amide bonds. The molecule has 0 spiro atoms. The fraction of sp³-hybridized carbons (Fsp3) is 0.750. The van der Waals surface area contributed by atoms with E-state index in [2.05, 4.69) is 5.09 Å². The highest BCUT2D eigenvalue weighted by Crippen LogP contribution is 2.37. The molecule has 0 saturated carbocycles. The Morgan fingerprint density at radius 1 is 1.25 bits per heavy atom. The van der Waals surface area contributed by atoms with Gasteiger partial charge < -0.3 is 15.1 Å². The molecule has 0 aliphatic rings. The summed E-state index contributed by atoms with van der Waals surface area (Å²) in [5, 5.41) is 19.2. The molecule has 94 valence electrons. The average molecular weight is 253 g/mol. The molecule has 0 aromatic carbocycles. The second kappa shape index (κ2) is 6.62. The largest absolute Gasteiger partial charge is 0.481 e. The lowest BCUT2D eigenvalue weighted by atomic mass is 10.1. The quantitative estimate of drug-likeness (QED) is 0.464. The van der Waals surface area contributed by atoms with E-state index in [-0.39, 0.29) is 6.16 Å². The third-order valence-electron chi connectivity index (χ3n) is 1.75. The van der Waals surface area contributed by atoms with Crippen LogP contribution in [-0.4, -0.2) is 39.2 Å². The summed E-state index contributed by atoms with van der Waals surface area (Å²) in [5.74, 6) is -2.43. The van der Waals surface area contributed by atoms with Crippen molar-refractivity contribution in [2.24, 2.45) is 0 Å². The topological polar surface area (TPSA) is 124 Å². The van der Waals surface area contributed by atoms with Crippen molar-refractivity contribution in [3.05, 3.63) is 0 Å². The molecule has 0 fully saturated rings. The highest BCUT2D eigenvalue weighted by Gasteiger charge is 2.25. The third kappa shape index (κ3) is 7.39. The monoisotopic (exact) mass is 253 g/mol. The zero-order chi connectivity index (χ0) is 12.8. The summed E-state index contributed by atoms with van der Waals surface area (Å²) in [4.78, 5) is 30.2. The molecule has 4 N–H and O–H groups in total. The van der Waals surface area contributed by atoms with Gasteiger partial charge in [-0.2, -0.15) is 0 Å². The van der Waals surface area contributed by atoms with Crippen LogP contribution in [0.15, 0.2) is 0 Å². The van der Waals surface area contributed by atoms with E-state index in [1.807, 2.05) is 0 Å². The Morgan fingerprint density at radius 3 is 2.00 bits per heavy atom. The van der Waals surface area contributed by atoms with E-state index in [4.69, 9.17) is 10.2 Å². The third-order valence-corrected chi connectivity index (χ3v) is 3.58. The van der Waals surface area contributed by atoms with Gasteiger partial charge in [-0.1, -0.05) is 6.92 Å². The Hall–Kier alpha value is -0.910. The van der Waals surface area contributed by atoms with Gasteiger partial charge in [-0.3, -0.25) is 14.2 Å². The van der Waals surface area contributed by atoms with Crippen LogP contribution in [0.1, 0.15) is 26.2 Å². The van der Waals surface area contributed by atoms with Crippen LogP contribution in [0.5, 0.6) is 0 Å². The van der Waals surface area contributed by atoms with Crippen LogP contribution in [0.4, 0.5) is 0 Å². The van der Waals surface area contributed by atoms with E-state index in [0.717, 1.165) is 0 Å². The van der Waals surface area contributed by atoms with Crippen molar-refractivity contribution in [1.82, 2.24) is 5.09 Å². The minimum atomic E-state index is -3.64. The Kier molecular flexibility index (Phi) is 6.25. The van der Waals surface area contributed by atoms with Crippen molar-refractivity contribution in [3.63, 3.8) is 0 Å². The first-order chi connectivity index (χ1) is 7.26. The highest BCUT2D eigenvalue weighted by atomic mass is 31.2. The predicted molar refractivity (Wildman–Crippen MR) is 56.4 cm³/mol. The highest BCUT2D eigenvalue weighted by molar-refractivity contribution is 7.55. The van der Waals surface area contributed by atoms with Crippen LogP contribution in [0.25, 0.3) is 0 Å². The smallest absolute Gasteiger partial charge is 0.304 e. The van der Waals surface area contributed by atoms with Crippen molar-refractivity contribution in [1.29, 1.82) is 0 Å². The van der Waals surface area contributed by atoms with Crippen LogP contribution in [0.3, 0.4) is 0 Å². The van der Waals surface area contributed by atoms with Crippen molar-refractivity contribution < 1.29 is 29.3 Å². The van der Waals surface area contributed by atoms with Crippen LogP contribution in [0.2, 0.25) is 0 Å². The molecular formula is C8H16NO6P. The summed E-state index contributed by atoms with van der Waals surface area (Å²) < 4.78 is 11.4. The van der Waals surface area contributed by atoms with Crippen molar-refractivity contribution in [3.8, 4) is 0 Å². The minimum absolute atomic E-state index is 0.0112. The molecule has 0 heterocycles. The van der Waals surface area contributed by atoms with Crippen LogP contribution >= 0.6 is 7.52 Å². The molecule has 0 rings (SSSR count). The Balaban J connectivity index is 4.46. The second-order valence-electron chi connectivity index (χ2n) is 3.45. The number of hydrogen-bond acceptors (Lipinski definition) is 3. The number of rotatable bonds is 8. The van der Waals surface area contributed by atoms with Crippen LogP contribution in [0, 0.1) is 0 Å². The molecule has 0 aromatic rings. The maximum absolute atomic E-state index is 11.4. The number of nitrogens with one attached hydrogen (secondary N) is 1. The lowest BCUT2D eigenvalue weighted by Gasteiger charge is -2.19. The summed E-state index contributed by atoms with van der Waals surface area (Å²) in [7, 11) is -3.64. The Bertz CT molecular complexity index is 289. The number of aliphatic carboxylic acids is 2. The molecule has 0 radical (unpaired) electrons. The maximum atomic E-state index is 11.4. The predicted octanol–water partition coefficient (Wildman–Crippen LogP) is 0.489. The van der Waals surface area contributed by atoms with E-state index in [1.54, 1.807) is 6.92 Å². The van der Waals surface area contributed by atoms with E-state index >= 15 is 0 Å². The van der Waals surface area contributed by atoms with Crippen LogP contribution in [-0.2, 0) is 14.2 Å². The van der Waals surface area contributed by atoms with Crippen molar-refractivity contribution >= 4 is 19.5 Å². The molecule has 0 aromatic heterocycles. The zero-order valence-corrected chi connectivity index (χ0v) is 9.81. The lowest BCUT2D eigenvalue weighted by Crippen LogP contribution is -2.32. The van der Waals surface area contributed by atoms with Crippen LogP contribution < -0.4 is 5.09 Å². The summed E-state index contributed by atoms with van der Waals surface area (Å²) in [6, 6.07) is -1.03. The van der Waals surface area contributed by atoms with Gasteiger partial charge in [-0.15, -0.1) is 0 Å². The first-order valence-corrected chi connectivity index (χ1v) is 6.64. The molecule has 0 saturated heterocycles. The lowest BCUT2D eigenvalue weighted by molar-refractivity contribution is -0.139. The van der Waals surface area contributed by atoms with Gasteiger partial charge in [0.25, 0.3) is 7.52 Å². The minimum Gasteiger partial charge on any atom is -0.481 e. The van der Waals surface area contributed by atoms with Gasteiger partial charge in [0.1, 0.15) is 0 Å². The number of hydrogen-bond donors (Lipinski definition) is 4. The molecule has 7 nitrogen and oxygen atoms in total. The summed E-state index contributed by atoms with van der Waals surface area (Å²) in [5.41, 5.74) is 0. The fourth-order valence-electron chi connectivity index (χ4n) is 1.24. The molecular weight excluding hydrogens is 237 g/mol. The van der Waals surface area contributed by atoms with E-state index < -0.39 is 38.3 Å². The van der Waals surface area contributed by atoms with Gasteiger partial charge in [0.2, 0.25) is 0 Å². The fourth-order valence-corrected chi connectivity index (χ4v) is 2.73. The van der Waals surface area contributed by atoms with E-state index in [1.165, 1.54) is 0 Å². The first-order valence-electron chi connectivity index (χ1n) is 4.80. The zero-order valence-electron chi connectivity index (χ0n) is 8.92. The van der Waals surface area contributed by atoms with E-state index in [0.29, 0.717) is 6.42 Å². The van der Waals surface area contributed by atoms with Gasteiger partial charge in [0.05, 0.1) is 12.8 Å². The van der Waals surface area contributed by atoms with Gasteiger partial charge in [-0.25, -0.2) is 5.09 Å². The standard InChI is InChI=1S/C8H16NO6P/c1-2-3-16(14,15)9-6(4-7(10)11)5-8(12)13/h6H,2-5H2,1H3,(H,10,11)(H,12,13)(H2,9,14,15).